The summed E-state index contributed by atoms with van der Waals surface area (Å²) in [5.74, 6) is 0. The van der Waals surface area contributed by atoms with Gasteiger partial charge in [0.05, 0.1) is 9.83 Å². The van der Waals surface area contributed by atoms with E-state index in [0.29, 0.717) is 10.0 Å². The van der Waals surface area contributed by atoms with Crippen LogP contribution in [0.15, 0.2) is 32.5 Å². The normalized spacial score (nSPS) is 12.7. The van der Waals surface area contributed by atoms with E-state index in [1.165, 1.54) is 4.88 Å². The molecule has 1 aromatic heterocycles. The van der Waals surface area contributed by atoms with Crippen LogP contribution in [-0.2, 0) is 0 Å². The number of hydrogen-bond donors (Lipinski definition) is 1. The van der Waals surface area contributed by atoms with Crippen LogP contribution in [0.25, 0.3) is 0 Å². The molecular formula is C13H11Br2Cl2NS. The van der Waals surface area contributed by atoms with Crippen molar-refractivity contribution in [3.05, 3.63) is 53.0 Å². The highest BCUT2D eigenvalue weighted by Crippen LogP contribution is 2.38. The van der Waals surface area contributed by atoms with E-state index in [0.717, 1.165) is 20.4 Å². The molecule has 0 saturated carbocycles. The highest BCUT2D eigenvalue weighted by atomic mass is 79.9. The number of halogens is 4. The Bertz CT molecular complexity index is 546. The lowest BCUT2D eigenvalue weighted by Crippen LogP contribution is -2.21. The van der Waals surface area contributed by atoms with Crippen LogP contribution in [0.1, 0.15) is 23.4 Å². The highest BCUT2D eigenvalue weighted by Gasteiger charge is 2.18. The van der Waals surface area contributed by atoms with Crippen molar-refractivity contribution in [1.29, 1.82) is 0 Å². The van der Waals surface area contributed by atoms with Gasteiger partial charge in [-0.25, -0.2) is 0 Å². The number of nitrogens with one attached hydrogen (secondary N) is 1. The van der Waals surface area contributed by atoms with Gasteiger partial charge in [-0.15, -0.1) is 11.3 Å². The van der Waals surface area contributed by atoms with Crippen LogP contribution < -0.4 is 5.32 Å². The maximum atomic E-state index is 6.09. The number of rotatable bonds is 4. The first-order chi connectivity index (χ1) is 9.01. The van der Waals surface area contributed by atoms with Crippen molar-refractivity contribution in [3.63, 3.8) is 0 Å². The summed E-state index contributed by atoms with van der Waals surface area (Å²) in [4.78, 5) is 1.21. The largest absolute Gasteiger partial charge is 0.306 e. The summed E-state index contributed by atoms with van der Waals surface area (Å²) in [5, 5.41) is 4.77. The molecule has 1 aromatic carbocycles. The Morgan fingerprint density at radius 1 is 1.16 bits per heavy atom. The summed E-state index contributed by atoms with van der Waals surface area (Å²) in [5.41, 5.74) is 1.07. The smallest absolute Gasteiger partial charge is 0.0843 e. The van der Waals surface area contributed by atoms with Crippen LogP contribution in [0.5, 0.6) is 0 Å². The molecular weight excluding hydrogens is 433 g/mol. The van der Waals surface area contributed by atoms with Crippen molar-refractivity contribution < 1.29 is 0 Å². The van der Waals surface area contributed by atoms with E-state index in [9.17, 15) is 0 Å². The average Bonchev–Trinajstić information content (AvgIpc) is 2.65. The van der Waals surface area contributed by atoms with Gasteiger partial charge in [0.15, 0.2) is 0 Å². The molecule has 1 nitrogen and oxygen atoms in total. The molecule has 0 saturated heterocycles. The molecule has 1 heterocycles. The molecule has 0 aliphatic heterocycles. The summed E-state index contributed by atoms with van der Waals surface area (Å²) >= 11 is 20.9. The molecule has 6 heteroatoms. The number of benzene rings is 1. The van der Waals surface area contributed by atoms with Gasteiger partial charge in [0, 0.05) is 19.4 Å². The minimum atomic E-state index is 0.0915. The third-order valence-corrected chi connectivity index (χ3v) is 6.33. The van der Waals surface area contributed by atoms with E-state index in [-0.39, 0.29) is 6.04 Å². The van der Waals surface area contributed by atoms with Gasteiger partial charge in [0.2, 0.25) is 0 Å². The molecule has 102 valence electrons. The third-order valence-electron chi connectivity index (χ3n) is 2.58. The van der Waals surface area contributed by atoms with E-state index >= 15 is 0 Å². The molecule has 2 rings (SSSR count). The van der Waals surface area contributed by atoms with Crippen LogP contribution >= 0.6 is 66.4 Å². The van der Waals surface area contributed by atoms with Crippen LogP contribution in [-0.4, -0.2) is 6.54 Å². The van der Waals surface area contributed by atoms with Crippen molar-refractivity contribution >= 4 is 66.4 Å². The zero-order valence-corrected chi connectivity index (χ0v) is 15.5. The van der Waals surface area contributed by atoms with Crippen LogP contribution in [0, 0.1) is 0 Å². The zero-order chi connectivity index (χ0) is 14.0. The topological polar surface area (TPSA) is 12.0 Å². The van der Waals surface area contributed by atoms with Gasteiger partial charge in [0.1, 0.15) is 0 Å². The van der Waals surface area contributed by atoms with Gasteiger partial charge < -0.3 is 5.32 Å². The van der Waals surface area contributed by atoms with Crippen LogP contribution in [0.4, 0.5) is 0 Å². The van der Waals surface area contributed by atoms with Gasteiger partial charge in [-0.1, -0.05) is 30.1 Å². The molecule has 0 fully saturated rings. The Labute approximate surface area is 143 Å². The second kappa shape index (κ2) is 6.92. The monoisotopic (exact) mass is 441 g/mol. The van der Waals surface area contributed by atoms with E-state index in [4.69, 9.17) is 23.2 Å². The van der Waals surface area contributed by atoms with Crippen molar-refractivity contribution in [1.82, 2.24) is 5.32 Å². The Balaban J connectivity index is 2.44. The fourth-order valence-electron chi connectivity index (χ4n) is 1.83. The first kappa shape index (κ1) is 15.8. The average molecular weight is 444 g/mol. The quantitative estimate of drug-likeness (QED) is 0.586. The molecule has 1 N–H and O–H groups in total. The number of hydrogen-bond acceptors (Lipinski definition) is 2. The summed E-state index contributed by atoms with van der Waals surface area (Å²) in [7, 11) is 0. The molecule has 0 bridgehead atoms. The lowest BCUT2D eigenvalue weighted by Gasteiger charge is -2.17. The molecule has 1 unspecified atom stereocenters. The first-order valence-electron chi connectivity index (χ1n) is 5.65. The minimum absolute atomic E-state index is 0.0915. The second-order valence-electron chi connectivity index (χ2n) is 3.96. The van der Waals surface area contributed by atoms with Crippen molar-refractivity contribution in [2.24, 2.45) is 0 Å². The Kier molecular flexibility index (Phi) is 5.76. The Morgan fingerprint density at radius 3 is 2.26 bits per heavy atom. The zero-order valence-electron chi connectivity index (χ0n) is 10.0. The molecule has 0 radical (unpaired) electrons. The number of thiophene rings is 1. The van der Waals surface area contributed by atoms with Gasteiger partial charge in [-0.2, -0.15) is 0 Å². The fourth-order valence-corrected chi connectivity index (χ4v) is 4.57. The molecule has 1 atom stereocenters. The fraction of sp³-hybridized carbons (Fsp3) is 0.231. The lowest BCUT2D eigenvalue weighted by atomic mass is 10.1. The van der Waals surface area contributed by atoms with Crippen LogP contribution in [0.3, 0.4) is 0 Å². The summed E-state index contributed by atoms with van der Waals surface area (Å²) in [6.45, 7) is 2.94. The minimum Gasteiger partial charge on any atom is -0.306 e. The van der Waals surface area contributed by atoms with E-state index in [1.54, 1.807) is 17.4 Å². The van der Waals surface area contributed by atoms with E-state index in [2.05, 4.69) is 50.2 Å². The van der Waals surface area contributed by atoms with Crippen molar-refractivity contribution in [2.75, 3.05) is 6.54 Å². The summed E-state index contributed by atoms with van der Waals surface area (Å²) in [6.07, 6.45) is 0. The lowest BCUT2D eigenvalue weighted by molar-refractivity contribution is 0.639. The molecule has 0 aliphatic rings. The maximum absolute atomic E-state index is 6.09. The Morgan fingerprint density at radius 2 is 1.79 bits per heavy atom. The van der Waals surface area contributed by atoms with Crippen LogP contribution in [0.2, 0.25) is 10.0 Å². The highest BCUT2D eigenvalue weighted by molar-refractivity contribution is 9.13. The Hall–Kier alpha value is 0.420. The van der Waals surface area contributed by atoms with E-state index in [1.807, 2.05) is 12.1 Å². The first-order valence-corrected chi connectivity index (χ1v) is 8.81. The van der Waals surface area contributed by atoms with Gasteiger partial charge >= 0.3 is 0 Å². The van der Waals surface area contributed by atoms with Gasteiger partial charge in [-0.05, 0) is 68.2 Å². The molecule has 0 amide bonds. The SMILES string of the molecule is CCNC(c1cc(Cl)cc(Cl)c1)c1cc(Br)c(Br)s1. The predicted molar refractivity (Wildman–Crippen MR) is 91.7 cm³/mol. The maximum Gasteiger partial charge on any atom is 0.0843 e. The summed E-state index contributed by atoms with van der Waals surface area (Å²) < 4.78 is 2.14. The van der Waals surface area contributed by atoms with Gasteiger partial charge in [0.25, 0.3) is 0 Å². The molecule has 19 heavy (non-hydrogen) atoms. The molecule has 0 spiro atoms. The van der Waals surface area contributed by atoms with Crippen molar-refractivity contribution in [3.8, 4) is 0 Å². The third kappa shape index (κ3) is 3.96. The van der Waals surface area contributed by atoms with Crippen molar-refractivity contribution in [2.45, 2.75) is 13.0 Å². The van der Waals surface area contributed by atoms with Gasteiger partial charge in [-0.3, -0.25) is 0 Å². The predicted octanol–water partition coefficient (Wildman–Crippen LogP) is 6.28. The second-order valence-corrected chi connectivity index (χ2v) is 8.09. The standard InChI is InChI=1S/C13H11Br2Cl2NS/c1-2-18-12(11-6-10(14)13(15)19-11)7-3-8(16)5-9(17)4-7/h3-6,12,18H,2H2,1H3. The summed E-state index contributed by atoms with van der Waals surface area (Å²) in [6, 6.07) is 7.84. The van der Waals surface area contributed by atoms with E-state index < -0.39 is 0 Å². The molecule has 0 aliphatic carbocycles. The molecule has 2 aromatic rings.